The average Bonchev–Trinajstić information content (AvgIpc) is 3.19. The third-order valence-electron chi connectivity index (χ3n) is 4.50. The van der Waals surface area contributed by atoms with E-state index in [1.54, 1.807) is 0 Å². The Hall–Kier alpha value is -3.52. The van der Waals surface area contributed by atoms with Crippen LogP contribution in [0.3, 0.4) is 0 Å². The van der Waals surface area contributed by atoms with Crippen LogP contribution in [0.15, 0.2) is 78.0 Å². The molecule has 0 fully saturated rings. The molecule has 0 aliphatic carbocycles. The van der Waals surface area contributed by atoms with Crippen molar-refractivity contribution in [2.24, 2.45) is 0 Å². The highest BCUT2D eigenvalue weighted by molar-refractivity contribution is 7.99. The van der Waals surface area contributed by atoms with Crippen LogP contribution in [0.5, 0.6) is 0 Å². The SMILES string of the molecule is Cc1ccc(-c2nnc(SCC(=O)Nc3ccc(F)cc3F)n2-c2ccccc2)cc1. The van der Waals surface area contributed by atoms with Crippen molar-refractivity contribution < 1.29 is 13.6 Å². The summed E-state index contributed by atoms with van der Waals surface area (Å²) in [6.45, 7) is 2.01. The Balaban J connectivity index is 1.58. The van der Waals surface area contributed by atoms with E-state index >= 15 is 0 Å². The number of aromatic nitrogens is 3. The summed E-state index contributed by atoms with van der Waals surface area (Å²) in [5.41, 5.74) is 2.81. The van der Waals surface area contributed by atoms with Gasteiger partial charge in [0.25, 0.3) is 0 Å². The zero-order chi connectivity index (χ0) is 21.8. The Morgan fingerprint density at radius 3 is 2.45 bits per heavy atom. The molecule has 1 N–H and O–H groups in total. The van der Waals surface area contributed by atoms with Crippen molar-refractivity contribution in [3.8, 4) is 17.1 Å². The summed E-state index contributed by atoms with van der Waals surface area (Å²) in [4.78, 5) is 12.3. The van der Waals surface area contributed by atoms with Gasteiger partial charge in [-0.15, -0.1) is 10.2 Å². The molecule has 0 aliphatic heterocycles. The molecule has 1 aromatic heterocycles. The van der Waals surface area contributed by atoms with Crippen LogP contribution in [0.4, 0.5) is 14.5 Å². The van der Waals surface area contributed by atoms with E-state index < -0.39 is 17.5 Å². The lowest BCUT2D eigenvalue weighted by Crippen LogP contribution is -2.15. The van der Waals surface area contributed by atoms with Crippen LogP contribution in [0, 0.1) is 18.6 Å². The van der Waals surface area contributed by atoms with Crippen molar-refractivity contribution in [3.63, 3.8) is 0 Å². The topological polar surface area (TPSA) is 59.8 Å². The molecule has 0 saturated heterocycles. The van der Waals surface area contributed by atoms with E-state index in [4.69, 9.17) is 0 Å². The highest BCUT2D eigenvalue weighted by Gasteiger charge is 2.17. The van der Waals surface area contributed by atoms with Crippen molar-refractivity contribution in [3.05, 3.63) is 90.0 Å². The van der Waals surface area contributed by atoms with E-state index in [0.29, 0.717) is 11.0 Å². The number of carbonyl (C=O) groups is 1. The standard InChI is InChI=1S/C23H18F2N4OS/c1-15-7-9-16(10-8-15)22-27-28-23(29(22)18-5-3-2-4-6-18)31-14-21(30)26-20-12-11-17(24)13-19(20)25/h2-13H,14H2,1H3,(H,26,30). The molecule has 0 saturated carbocycles. The second-order valence-electron chi connectivity index (χ2n) is 6.80. The van der Waals surface area contributed by atoms with Gasteiger partial charge in [0, 0.05) is 17.3 Å². The van der Waals surface area contributed by atoms with E-state index in [-0.39, 0.29) is 11.4 Å². The number of nitrogens with one attached hydrogen (secondary N) is 1. The Kier molecular flexibility index (Phi) is 6.08. The fourth-order valence-corrected chi connectivity index (χ4v) is 3.72. The van der Waals surface area contributed by atoms with Gasteiger partial charge in [0.15, 0.2) is 11.0 Å². The van der Waals surface area contributed by atoms with Crippen molar-refractivity contribution in [2.75, 3.05) is 11.1 Å². The van der Waals surface area contributed by atoms with Crippen molar-refractivity contribution in [2.45, 2.75) is 12.1 Å². The first-order valence-corrected chi connectivity index (χ1v) is 10.5. The summed E-state index contributed by atoms with van der Waals surface area (Å²) < 4.78 is 28.7. The molecule has 0 unspecified atom stereocenters. The number of carbonyl (C=O) groups excluding carboxylic acids is 1. The number of amides is 1. The number of nitrogens with zero attached hydrogens (tertiary/aromatic N) is 3. The molecule has 5 nitrogen and oxygen atoms in total. The van der Waals surface area contributed by atoms with Crippen molar-refractivity contribution in [1.82, 2.24) is 14.8 Å². The Morgan fingerprint density at radius 2 is 1.74 bits per heavy atom. The van der Waals surface area contributed by atoms with Crippen molar-refractivity contribution in [1.29, 1.82) is 0 Å². The van der Waals surface area contributed by atoms with Gasteiger partial charge in [-0.1, -0.05) is 59.8 Å². The molecule has 1 heterocycles. The summed E-state index contributed by atoms with van der Waals surface area (Å²) in [7, 11) is 0. The number of anilines is 1. The smallest absolute Gasteiger partial charge is 0.234 e. The highest BCUT2D eigenvalue weighted by Crippen LogP contribution is 2.28. The second-order valence-corrected chi connectivity index (χ2v) is 7.75. The summed E-state index contributed by atoms with van der Waals surface area (Å²) in [5, 5.41) is 11.6. The molecule has 8 heteroatoms. The first-order chi connectivity index (χ1) is 15.0. The number of rotatable bonds is 6. The van der Waals surface area contributed by atoms with Crippen LogP contribution >= 0.6 is 11.8 Å². The third-order valence-corrected chi connectivity index (χ3v) is 5.42. The van der Waals surface area contributed by atoms with Crippen LogP contribution in [0.2, 0.25) is 0 Å². The van der Waals surface area contributed by atoms with Crippen LogP contribution in [0.1, 0.15) is 5.56 Å². The number of hydrogen-bond acceptors (Lipinski definition) is 4. The maximum absolute atomic E-state index is 13.8. The van der Waals surface area contributed by atoms with E-state index in [9.17, 15) is 13.6 Å². The van der Waals surface area contributed by atoms with E-state index in [2.05, 4.69) is 15.5 Å². The molecule has 0 spiro atoms. The minimum atomic E-state index is -0.826. The molecular weight excluding hydrogens is 418 g/mol. The molecule has 0 atom stereocenters. The van der Waals surface area contributed by atoms with Gasteiger partial charge in [0.05, 0.1) is 11.4 Å². The molecule has 1 amide bonds. The first kappa shape index (κ1) is 20.7. The Morgan fingerprint density at radius 1 is 1.00 bits per heavy atom. The number of para-hydroxylation sites is 1. The van der Waals surface area contributed by atoms with E-state index in [0.717, 1.165) is 28.9 Å². The molecule has 4 aromatic rings. The summed E-state index contributed by atoms with van der Waals surface area (Å²) in [6, 6.07) is 20.5. The molecular formula is C23H18F2N4OS. The monoisotopic (exact) mass is 436 g/mol. The van der Waals surface area contributed by atoms with Gasteiger partial charge in [-0.3, -0.25) is 9.36 Å². The largest absolute Gasteiger partial charge is 0.323 e. The van der Waals surface area contributed by atoms with Gasteiger partial charge in [0.2, 0.25) is 5.91 Å². The normalized spacial score (nSPS) is 10.8. The number of thioether (sulfide) groups is 1. The predicted molar refractivity (Wildman–Crippen MR) is 117 cm³/mol. The predicted octanol–water partition coefficient (Wildman–Crippen LogP) is 5.25. The highest BCUT2D eigenvalue weighted by atomic mass is 32.2. The maximum Gasteiger partial charge on any atom is 0.234 e. The zero-order valence-electron chi connectivity index (χ0n) is 16.5. The number of hydrogen-bond donors (Lipinski definition) is 1. The van der Waals surface area contributed by atoms with Gasteiger partial charge in [0.1, 0.15) is 11.6 Å². The molecule has 0 bridgehead atoms. The lowest BCUT2D eigenvalue weighted by atomic mass is 10.1. The summed E-state index contributed by atoms with van der Waals surface area (Å²) in [5.74, 6) is -1.33. The Bertz CT molecular complexity index is 1210. The molecule has 0 aliphatic rings. The first-order valence-electron chi connectivity index (χ1n) is 9.47. The van der Waals surface area contributed by atoms with Gasteiger partial charge in [-0.05, 0) is 31.2 Å². The second kappa shape index (κ2) is 9.09. The summed E-state index contributed by atoms with van der Waals surface area (Å²) in [6.07, 6.45) is 0. The van der Waals surface area contributed by atoms with Gasteiger partial charge in [-0.25, -0.2) is 8.78 Å². The van der Waals surface area contributed by atoms with Crippen LogP contribution in [-0.2, 0) is 4.79 Å². The lowest BCUT2D eigenvalue weighted by Gasteiger charge is -2.11. The van der Waals surface area contributed by atoms with E-state index in [1.165, 1.54) is 17.8 Å². The molecule has 0 radical (unpaired) electrons. The van der Waals surface area contributed by atoms with Gasteiger partial charge >= 0.3 is 0 Å². The minimum Gasteiger partial charge on any atom is -0.323 e. The quantitative estimate of drug-likeness (QED) is 0.419. The zero-order valence-corrected chi connectivity index (χ0v) is 17.4. The third kappa shape index (κ3) is 4.80. The molecule has 156 valence electrons. The minimum absolute atomic E-state index is 0.0182. The van der Waals surface area contributed by atoms with Gasteiger partial charge < -0.3 is 5.32 Å². The number of aryl methyl sites for hydroxylation is 1. The maximum atomic E-state index is 13.8. The molecule has 31 heavy (non-hydrogen) atoms. The average molecular weight is 436 g/mol. The fourth-order valence-electron chi connectivity index (χ4n) is 2.97. The van der Waals surface area contributed by atoms with Crippen molar-refractivity contribution >= 4 is 23.4 Å². The van der Waals surface area contributed by atoms with Crippen LogP contribution in [0.25, 0.3) is 17.1 Å². The summed E-state index contributed by atoms with van der Waals surface area (Å²) >= 11 is 1.18. The molecule has 4 rings (SSSR count). The Labute approximate surface area is 182 Å². The number of halogens is 2. The molecule has 3 aromatic carbocycles. The van der Waals surface area contributed by atoms with Gasteiger partial charge in [-0.2, -0.15) is 0 Å². The fraction of sp³-hybridized carbons (Fsp3) is 0.0870. The van der Waals surface area contributed by atoms with E-state index in [1.807, 2.05) is 66.1 Å². The number of benzene rings is 3. The van der Waals surface area contributed by atoms with Crippen LogP contribution < -0.4 is 5.32 Å². The lowest BCUT2D eigenvalue weighted by molar-refractivity contribution is -0.113. The van der Waals surface area contributed by atoms with Crippen LogP contribution in [-0.4, -0.2) is 26.4 Å².